The Balaban J connectivity index is 1.47. The third-order valence-corrected chi connectivity index (χ3v) is 6.94. The molecule has 0 saturated carbocycles. The van der Waals surface area contributed by atoms with Gasteiger partial charge in [0, 0.05) is 42.4 Å². The smallest absolute Gasteiger partial charge is 0.137 e. The average Bonchev–Trinajstić information content (AvgIpc) is 3.27. The number of hydrogen-bond donors (Lipinski definition) is 2. The fraction of sp³-hybridized carbons (Fsp3) is 0.385. The first kappa shape index (κ1) is 19.7. The fourth-order valence-electron chi connectivity index (χ4n) is 5.23. The molecule has 0 amide bonds. The van der Waals surface area contributed by atoms with Crippen molar-refractivity contribution in [3.8, 4) is 11.4 Å². The van der Waals surface area contributed by atoms with Crippen LogP contribution in [-0.2, 0) is 4.74 Å². The van der Waals surface area contributed by atoms with Gasteiger partial charge in [0.05, 0.1) is 17.8 Å². The molecule has 2 saturated heterocycles. The number of nitrogens with one attached hydrogen (secondary N) is 1. The molecule has 3 N–H and O–H groups in total. The van der Waals surface area contributed by atoms with E-state index in [-0.39, 0.29) is 6.04 Å². The Morgan fingerprint density at radius 1 is 1.03 bits per heavy atom. The molecule has 32 heavy (non-hydrogen) atoms. The Labute approximate surface area is 187 Å². The number of benzene rings is 2. The lowest BCUT2D eigenvalue weighted by molar-refractivity contribution is 0.0805. The van der Waals surface area contributed by atoms with E-state index >= 15 is 0 Å². The highest BCUT2D eigenvalue weighted by Gasteiger charge is 2.22. The second-order valence-corrected chi connectivity index (χ2v) is 9.19. The van der Waals surface area contributed by atoms with Crippen LogP contribution in [0.4, 0.5) is 5.82 Å². The number of hydrogen-bond acceptors (Lipinski definition) is 5. The van der Waals surface area contributed by atoms with E-state index in [1.165, 1.54) is 22.8 Å². The molecule has 6 rings (SSSR count). The monoisotopic (exact) mass is 427 g/mol. The fourth-order valence-corrected chi connectivity index (χ4v) is 5.23. The number of pyridine rings is 1. The molecule has 4 aromatic rings. The van der Waals surface area contributed by atoms with Crippen molar-refractivity contribution in [1.82, 2.24) is 15.2 Å². The molecule has 0 aliphatic carbocycles. The highest BCUT2D eigenvalue weighted by Crippen LogP contribution is 2.35. The molecule has 0 bridgehead atoms. The van der Waals surface area contributed by atoms with Crippen molar-refractivity contribution in [2.24, 2.45) is 5.73 Å². The van der Waals surface area contributed by atoms with E-state index in [9.17, 15) is 0 Å². The van der Waals surface area contributed by atoms with Gasteiger partial charge >= 0.3 is 0 Å². The minimum absolute atomic E-state index is 0.194. The molecule has 6 nitrogen and oxygen atoms in total. The zero-order valence-corrected chi connectivity index (χ0v) is 18.3. The number of anilines is 1. The van der Waals surface area contributed by atoms with Crippen molar-refractivity contribution in [2.45, 2.75) is 37.6 Å². The number of ether oxygens (including phenoxy) is 1. The Morgan fingerprint density at radius 3 is 2.84 bits per heavy atom. The van der Waals surface area contributed by atoms with Gasteiger partial charge in [0.15, 0.2) is 0 Å². The topological polar surface area (TPSA) is 80.1 Å². The number of nitrogens with zero attached hydrogens (tertiary/aromatic N) is 3. The Morgan fingerprint density at radius 2 is 1.97 bits per heavy atom. The van der Waals surface area contributed by atoms with Crippen molar-refractivity contribution in [3.63, 3.8) is 0 Å². The Kier molecular flexibility index (Phi) is 5.04. The van der Waals surface area contributed by atoms with Gasteiger partial charge in [0.25, 0.3) is 0 Å². The van der Waals surface area contributed by atoms with Crippen molar-refractivity contribution in [2.75, 3.05) is 31.2 Å². The molecule has 4 heterocycles. The summed E-state index contributed by atoms with van der Waals surface area (Å²) >= 11 is 0. The first-order chi connectivity index (χ1) is 15.8. The molecule has 6 heteroatoms. The highest BCUT2D eigenvalue weighted by molar-refractivity contribution is 5.98. The first-order valence-electron chi connectivity index (χ1n) is 11.7. The predicted octanol–water partition coefficient (Wildman–Crippen LogP) is 4.60. The zero-order valence-electron chi connectivity index (χ0n) is 18.3. The number of H-pyrrole nitrogens is 1. The van der Waals surface area contributed by atoms with Crippen LogP contribution in [0.2, 0.25) is 0 Å². The molecule has 2 aromatic heterocycles. The van der Waals surface area contributed by atoms with Crippen LogP contribution in [0.15, 0.2) is 48.5 Å². The van der Waals surface area contributed by atoms with Crippen LogP contribution >= 0.6 is 0 Å². The second kappa shape index (κ2) is 8.19. The molecular weight excluding hydrogens is 398 g/mol. The highest BCUT2D eigenvalue weighted by atomic mass is 16.5. The van der Waals surface area contributed by atoms with Gasteiger partial charge in [-0.1, -0.05) is 30.3 Å². The van der Waals surface area contributed by atoms with Gasteiger partial charge in [-0.05, 0) is 54.8 Å². The lowest BCUT2D eigenvalue weighted by atomic mass is 9.92. The molecule has 2 aliphatic rings. The summed E-state index contributed by atoms with van der Waals surface area (Å²) in [5, 5.41) is 11.4. The van der Waals surface area contributed by atoms with Crippen LogP contribution < -0.4 is 10.6 Å². The summed E-state index contributed by atoms with van der Waals surface area (Å²) < 4.78 is 5.73. The van der Waals surface area contributed by atoms with Gasteiger partial charge in [0.1, 0.15) is 11.5 Å². The minimum atomic E-state index is 0.194. The van der Waals surface area contributed by atoms with E-state index in [0.29, 0.717) is 5.92 Å². The van der Waals surface area contributed by atoms with Gasteiger partial charge in [-0.15, -0.1) is 0 Å². The van der Waals surface area contributed by atoms with Crippen LogP contribution in [-0.4, -0.2) is 47.5 Å². The molecule has 2 atom stereocenters. The second-order valence-electron chi connectivity index (χ2n) is 9.19. The number of rotatable bonds is 3. The van der Waals surface area contributed by atoms with Crippen LogP contribution in [0.5, 0.6) is 0 Å². The molecule has 2 aliphatic heterocycles. The number of aromatic nitrogens is 3. The molecule has 0 spiro atoms. The largest absolute Gasteiger partial charge is 0.381 e. The van der Waals surface area contributed by atoms with Crippen molar-refractivity contribution >= 4 is 27.5 Å². The lowest BCUT2D eigenvalue weighted by Gasteiger charge is -2.32. The SMILES string of the molecule is N[C@H]1CCCN(c2nc(-c3n[nH]c4ccc(C5CCCOC5)cc34)cc3ccccc23)C1. The molecule has 0 radical (unpaired) electrons. The molecule has 164 valence electrons. The van der Waals surface area contributed by atoms with E-state index in [4.69, 9.17) is 20.6 Å². The van der Waals surface area contributed by atoms with E-state index in [1.54, 1.807) is 0 Å². The maximum Gasteiger partial charge on any atom is 0.137 e. The maximum absolute atomic E-state index is 6.30. The van der Waals surface area contributed by atoms with E-state index < -0.39 is 0 Å². The summed E-state index contributed by atoms with van der Waals surface area (Å²) in [6.45, 7) is 3.50. The van der Waals surface area contributed by atoms with Crippen LogP contribution in [0.3, 0.4) is 0 Å². The molecule has 1 unspecified atom stereocenters. The summed E-state index contributed by atoms with van der Waals surface area (Å²) in [5.74, 6) is 1.46. The Bertz CT molecular complexity index is 1260. The number of aromatic amines is 1. The third-order valence-electron chi connectivity index (χ3n) is 6.94. The van der Waals surface area contributed by atoms with Crippen LogP contribution in [0.25, 0.3) is 33.1 Å². The molecular formula is C26H29N5O. The summed E-state index contributed by atoms with van der Waals surface area (Å²) in [4.78, 5) is 7.50. The standard InChI is InChI=1S/C26H29N5O/c27-20-7-3-11-31(15-20)26-21-8-2-1-5-18(21)14-24(28-26)25-22-13-17(9-10-23(22)29-30-25)19-6-4-12-32-16-19/h1-2,5,8-10,13-14,19-20H,3-4,6-7,11-12,15-16,27H2,(H,29,30)/t19?,20-/m0/s1. The quantitative estimate of drug-likeness (QED) is 0.499. The number of nitrogens with two attached hydrogens (primary N) is 1. The lowest BCUT2D eigenvalue weighted by Crippen LogP contribution is -2.43. The van der Waals surface area contributed by atoms with Crippen molar-refractivity contribution < 1.29 is 4.74 Å². The zero-order chi connectivity index (χ0) is 21.5. The molecule has 2 fully saturated rings. The van der Waals surface area contributed by atoms with Crippen molar-refractivity contribution in [1.29, 1.82) is 0 Å². The predicted molar refractivity (Wildman–Crippen MR) is 129 cm³/mol. The number of piperidine rings is 1. The van der Waals surface area contributed by atoms with Gasteiger partial charge in [-0.2, -0.15) is 5.10 Å². The van der Waals surface area contributed by atoms with Crippen molar-refractivity contribution in [3.05, 3.63) is 54.1 Å². The third kappa shape index (κ3) is 3.53. The van der Waals surface area contributed by atoms with E-state index in [2.05, 4.69) is 58.5 Å². The van der Waals surface area contributed by atoms with Crippen LogP contribution in [0, 0.1) is 0 Å². The van der Waals surface area contributed by atoms with Gasteiger partial charge in [-0.25, -0.2) is 4.98 Å². The number of fused-ring (bicyclic) bond motifs is 2. The average molecular weight is 428 g/mol. The summed E-state index contributed by atoms with van der Waals surface area (Å²) in [5.41, 5.74) is 10.5. The summed E-state index contributed by atoms with van der Waals surface area (Å²) in [6.07, 6.45) is 4.46. The van der Waals surface area contributed by atoms with Gasteiger partial charge in [-0.3, -0.25) is 5.10 Å². The minimum Gasteiger partial charge on any atom is -0.381 e. The van der Waals surface area contributed by atoms with E-state index in [1.807, 2.05) is 0 Å². The summed E-state index contributed by atoms with van der Waals surface area (Å²) in [6, 6.07) is 17.5. The van der Waals surface area contributed by atoms with E-state index in [0.717, 1.165) is 73.7 Å². The summed E-state index contributed by atoms with van der Waals surface area (Å²) in [7, 11) is 0. The van der Waals surface area contributed by atoms with Gasteiger partial charge in [0.2, 0.25) is 0 Å². The maximum atomic E-state index is 6.30. The Hall–Kier alpha value is -2.96. The molecule has 2 aromatic carbocycles. The normalized spacial score (nSPS) is 22.0. The van der Waals surface area contributed by atoms with Gasteiger partial charge < -0.3 is 15.4 Å². The first-order valence-corrected chi connectivity index (χ1v) is 11.7. The van der Waals surface area contributed by atoms with Crippen LogP contribution in [0.1, 0.15) is 37.2 Å².